The molecule has 3 aromatic rings. The highest BCUT2D eigenvalue weighted by Crippen LogP contribution is 2.17. The number of amides is 1. The van der Waals surface area contributed by atoms with Crippen LogP contribution < -0.4 is 5.32 Å². The number of carbonyl (C=O) groups excluding carboxylic acids is 1. The molecule has 0 aliphatic carbocycles. The lowest BCUT2D eigenvalue weighted by Crippen LogP contribution is -2.26. The second-order valence-electron chi connectivity index (χ2n) is 4.52. The third-order valence-electron chi connectivity index (χ3n) is 2.96. The lowest BCUT2D eigenvalue weighted by Gasteiger charge is -1.99. The Hall–Kier alpha value is -2.54. The van der Waals surface area contributed by atoms with Gasteiger partial charge < -0.3 is 9.84 Å². The van der Waals surface area contributed by atoms with Crippen LogP contribution in [-0.4, -0.2) is 22.6 Å². The van der Waals surface area contributed by atoms with Crippen molar-refractivity contribution < 1.29 is 13.7 Å². The van der Waals surface area contributed by atoms with E-state index in [-0.39, 0.29) is 17.5 Å². The van der Waals surface area contributed by atoms with Gasteiger partial charge in [-0.3, -0.25) is 4.79 Å². The maximum Gasteiger partial charge on any atom is 0.292 e. The molecule has 1 amide bonds. The van der Waals surface area contributed by atoms with E-state index in [9.17, 15) is 9.18 Å². The first-order chi connectivity index (χ1) is 10.7. The van der Waals surface area contributed by atoms with Crippen molar-refractivity contribution in [2.75, 3.05) is 6.54 Å². The number of benzene rings is 1. The number of hydrogen-bond donors (Lipinski definition) is 1. The quantitative estimate of drug-likeness (QED) is 0.785. The molecule has 1 aromatic carbocycles. The first-order valence-electron chi connectivity index (χ1n) is 6.62. The zero-order chi connectivity index (χ0) is 15.4. The van der Waals surface area contributed by atoms with E-state index in [4.69, 9.17) is 4.52 Å². The van der Waals surface area contributed by atoms with Crippen molar-refractivity contribution in [3.63, 3.8) is 0 Å². The van der Waals surface area contributed by atoms with Gasteiger partial charge in [0.15, 0.2) is 0 Å². The van der Waals surface area contributed by atoms with Crippen molar-refractivity contribution in [3.05, 3.63) is 58.3 Å². The van der Waals surface area contributed by atoms with Crippen LogP contribution in [-0.2, 0) is 6.42 Å². The summed E-state index contributed by atoms with van der Waals surface area (Å²) >= 11 is 1.64. The van der Waals surface area contributed by atoms with E-state index >= 15 is 0 Å². The Labute approximate surface area is 129 Å². The lowest BCUT2D eigenvalue weighted by molar-refractivity contribution is 0.0941. The minimum atomic E-state index is -0.395. The van der Waals surface area contributed by atoms with Crippen LogP contribution in [0, 0.1) is 5.82 Å². The average Bonchev–Trinajstić information content (AvgIpc) is 3.19. The van der Waals surface area contributed by atoms with Crippen molar-refractivity contribution in [3.8, 4) is 11.5 Å². The van der Waals surface area contributed by atoms with E-state index in [1.165, 1.54) is 29.1 Å². The maximum absolute atomic E-state index is 12.9. The number of nitrogens with zero attached hydrogens (tertiary/aromatic N) is 2. The van der Waals surface area contributed by atoms with E-state index in [0.717, 1.165) is 6.42 Å². The molecule has 22 heavy (non-hydrogen) atoms. The highest BCUT2D eigenvalue weighted by Gasteiger charge is 2.15. The van der Waals surface area contributed by atoms with Crippen LogP contribution in [0.5, 0.6) is 0 Å². The van der Waals surface area contributed by atoms with Crippen molar-refractivity contribution in [2.24, 2.45) is 0 Å². The number of aromatic nitrogens is 2. The van der Waals surface area contributed by atoms with Gasteiger partial charge in [0.25, 0.3) is 17.6 Å². The van der Waals surface area contributed by atoms with Crippen molar-refractivity contribution in [2.45, 2.75) is 6.42 Å². The Kier molecular flexibility index (Phi) is 4.24. The largest absolute Gasteiger partial charge is 0.349 e. The summed E-state index contributed by atoms with van der Waals surface area (Å²) < 4.78 is 17.9. The molecule has 5 nitrogen and oxygen atoms in total. The smallest absolute Gasteiger partial charge is 0.292 e. The second-order valence-corrected chi connectivity index (χ2v) is 5.55. The molecule has 0 unspecified atom stereocenters. The van der Waals surface area contributed by atoms with Crippen LogP contribution in [0.15, 0.2) is 46.3 Å². The van der Waals surface area contributed by atoms with E-state index in [1.807, 2.05) is 17.5 Å². The SMILES string of the molecule is O=C(NCCc1cccs1)c1noc(-c2ccc(F)cc2)n1. The third-order valence-corrected chi connectivity index (χ3v) is 3.89. The van der Waals surface area contributed by atoms with Crippen LogP contribution >= 0.6 is 11.3 Å². The summed E-state index contributed by atoms with van der Waals surface area (Å²) in [7, 11) is 0. The van der Waals surface area contributed by atoms with Crippen LogP contribution in [0.3, 0.4) is 0 Å². The fourth-order valence-electron chi connectivity index (χ4n) is 1.86. The fraction of sp³-hybridized carbons (Fsp3) is 0.133. The first kappa shape index (κ1) is 14.4. The predicted molar refractivity (Wildman–Crippen MR) is 80.0 cm³/mol. The predicted octanol–water partition coefficient (Wildman–Crippen LogP) is 2.91. The zero-order valence-corrected chi connectivity index (χ0v) is 12.3. The summed E-state index contributed by atoms with van der Waals surface area (Å²) in [5.41, 5.74) is 0.562. The molecule has 2 aromatic heterocycles. The molecule has 0 atom stereocenters. The van der Waals surface area contributed by atoms with E-state index in [0.29, 0.717) is 12.1 Å². The summed E-state index contributed by atoms with van der Waals surface area (Å²) in [5.74, 6) is -0.600. The second kappa shape index (κ2) is 6.48. The van der Waals surface area contributed by atoms with Gasteiger partial charge in [-0.05, 0) is 42.1 Å². The van der Waals surface area contributed by atoms with Crippen LogP contribution in [0.4, 0.5) is 4.39 Å². The van der Waals surface area contributed by atoms with Gasteiger partial charge in [0.1, 0.15) is 5.82 Å². The van der Waals surface area contributed by atoms with E-state index in [2.05, 4.69) is 15.5 Å². The molecule has 2 heterocycles. The van der Waals surface area contributed by atoms with Gasteiger partial charge in [0, 0.05) is 17.0 Å². The van der Waals surface area contributed by atoms with Gasteiger partial charge in [0.05, 0.1) is 0 Å². The molecule has 112 valence electrons. The molecular weight excluding hydrogens is 305 g/mol. The number of rotatable bonds is 5. The molecule has 0 spiro atoms. The summed E-state index contributed by atoms with van der Waals surface area (Å²) in [6.45, 7) is 0.500. The van der Waals surface area contributed by atoms with Crippen LogP contribution in [0.1, 0.15) is 15.5 Å². The monoisotopic (exact) mass is 317 g/mol. The normalized spacial score (nSPS) is 10.6. The Morgan fingerprint density at radius 3 is 2.82 bits per heavy atom. The zero-order valence-electron chi connectivity index (χ0n) is 11.5. The maximum atomic E-state index is 12.9. The summed E-state index contributed by atoms with van der Waals surface area (Å²) in [6.07, 6.45) is 0.756. The molecule has 7 heteroatoms. The number of carbonyl (C=O) groups is 1. The molecule has 0 radical (unpaired) electrons. The van der Waals surface area contributed by atoms with Gasteiger partial charge in [-0.25, -0.2) is 4.39 Å². The first-order valence-corrected chi connectivity index (χ1v) is 7.50. The minimum absolute atomic E-state index is 0.0366. The Morgan fingerprint density at radius 2 is 2.09 bits per heavy atom. The highest BCUT2D eigenvalue weighted by molar-refractivity contribution is 7.09. The summed E-state index contributed by atoms with van der Waals surface area (Å²) in [6, 6.07) is 9.59. The van der Waals surface area contributed by atoms with Crippen molar-refractivity contribution >= 4 is 17.2 Å². The van der Waals surface area contributed by atoms with Gasteiger partial charge >= 0.3 is 0 Å². The van der Waals surface area contributed by atoms with Gasteiger partial charge in [-0.15, -0.1) is 11.3 Å². The minimum Gasteiger partial charge on any atom is -0.349 e. The van der Waals surface area contributed by atoms with Crippen LogP contribution in [0.25, 0.3) is 11.5 Å². The van der Waals surface area contributed by atoms with Gasteiger partial charge in [-0.2, -0.15) is 4.98 Å². The fourth-order valence-corrected chi connectivity index (χ4v) is 2.57. The van der Waals surface area contributed by atoms with Crippen molar-refractivity contribution in [1.82, 2.24) is 15.5 Å². The molecular formula is C15H12FN3O2S. The molecule has 0 aliphatic rings. The molecule has 0 aliphatic heterocycles. The third kappa shape index (κ3) is 3.37. The molecule has 1 N–H and O–H groups in total. The Bertz CT molecular complexity index is 753. The average molecular weight is 317 g/mol. The van der Waals surface area contributed by atoms with E-state index in [1.54, 1.807) is 11.3 Å². The van der Waals surface area contributed by atoms with Crippen LogP contribution in [0.2, 0.25) is 0 Å². The van der Waals surface area contributed by atoms with Gasteiger partial charge in [0.2, 0.25) is 0 Å². The number of nitrogens with one attached hydrogen (secondary N) is 1. The molecule has 0 bridgehead atoms. The molecule has 0 fully saturated rings. The highest BCUT2D eigenvalue weighted by atomic mass is 32.1. The number of halogens is 1. The lowest BCUT2D eigenvalue weighted by atomic mass is 10.2. The summed E-state index contributed by atoms with van der Waals surface area (Å²) in [5, 5.41) is 8.37. The number of hydrogen-bond acceptors (Lipinski definition) is 5. The Balaban J connectivity index is 1.60. The summed E-state index contributed by atoms with van der Waals surface area (Å²) in [4.78, 5) is 17.1. The molecule has 3 rings (SSSR count). The Morgan fingerprint density at radius 1 is 1.27 bits per heavy atom. The topological polar surface area (TPSA) is 68.0 Å². The molecule has 0 saturated carbocycles. The molecule has 0 saturated heterocycles. The number of thiophene rings is 1. The van der Waals surface area contributed by atoms with E-state index < -0.39 is 5.91 Å². The standard InChI is InChI=1S/C15H12FN3O2S/c16-11-5-3-10(4-6-11)15-18-13(19-21-15)14(20)17-8-7-12-2-1-9-22-12/h1-6,9H,7-8H2,(H,17,20). The van der Waals surface area contributed by atoms with Gasteiger partial charge in [-0.1, -0.05) is 11.2 Å². The van der Waals surface area contributed by atoms with Crippen molar-refractivity contribution in [1.29, 1.82) is 0 Å².